The van der Waals surface area contributed by atoms with Crippen LogP contribution in [-0.2, 0) is 4.79 Å². The summed E-state index contributed by atoms with van der Waals surface area (Å²) in [5.74, 6) is 4.00. The van der Waals surface area contributed by atoms with Gasteiger partial charge in [-0.15, -0.1) is 0 Å². The highest BCUT2D eigenvalue weighted by Crippen LogP contribution is 2.65. The second-order valence-corrected chi connectivity index (χ2v) is 6.44. The Kier molecular flexibility index (Phi) is 2.65. The van der Waals surface area contributed by atoms with Crippen molar-refractivity contribution in [3.63, 3.8) is 0 Å². The van der Waals surface area contributed by atoms with Crippen LogP contribution >= 0.6 is 0 Å². The van der Waals surface area contributed by atoms with E-state index < -0.39 is 0 Å². The van der Waals surface area contributed by atoms with Crippen molar-refractivity contribution in [1.82, 2.24) is 5.32 Å². The third-order valence-electron chi connectivity index (χ3n) is 5.31. The monoisotopic (exact) mass is 272 g/mol. The number of fused-ring (bicyclic) bond motifs is 5. The topological polar surface area (TPSA) is 64.3 Å². The Balaban J connectivity index is 1.27. The number of amides is 1. The summed E-state index contributed by atoms with van der Waals surface area (Å²) >= 11 is 0. The molecule has 4 unspecified atom stereocenters. The zero-order valence-electron chi connectivity index (χ0n) is 11.4. The van der Waals surface area contributed by atoms with Crippen molar-refractivity contribution in [3.05, 3.63) is 24.3 Å². The van der Waals surface area contributed by atoms with Crippen LogP contribution in [0.1, 0.15) is 19.3 Å². The van der Waals surface area contributed by atoms with Crippen molar-refractivity contribution >= 4 is 11.6 Å². The van der Waals surface area contributed by atoms with Crippen LogP contribution in [0.15, 0.2) is 24.3 Å². The first kappa shape index (κ1) is 12.1. The number of benzene rings is 1. The fourth-order valence-corrected chi connectivity index (χ4v) is 4.46. The molecule has 3 fully saturated rings. The van der Waals surface area contributed by atoms with Crippen molar-refractivity contribution in [2.75, 3.05) is 12.3 Å². The van der Waals surface area contributed by atoms with Crippen molar-refractivity contribution in [2.45, 2.75) is 25.3 Å². The van der Waals surface area contributed by atoms with Crippen molar-refractivity contribution < 1.29 is 9.53 Å². The first-order chi connectivity index (χ1) is 9.72. The van der Waals surface area contributed by atoms with Gasteiger partial charge in [0.25, 0.3) is 5.91 Å². The number of nitrogen functional groups attached to an aromatic ring is 1. The highest BCUT2D eigenvalue weighted by atomic mass is 16.5. The summed E-state index contributed by atoms with van der Waals surface area (Å²) in [5, 5.41) is 3.15. The van der Waals surface area contributed by atoms with Gasteiger partial charge in [-0.25, -0.2) is 0 Å². The molecule has 0 aliphatic heterocycles. The maximum absolute atomic E-state index is 11.9. The van der Waals surface area contributed by atoms with Gasteiger partial charge in [-0.1, -0.05) is 0 Å². The lowest BCUT2D eigenvalue weighted by Crippen LogP contribution is -2.33. The molecule has 4 heteroatoms. The molecule has 0 spiro atoms. The maximum atomic E-state index is 11.9. The fourth-order valence-electron chi connectivity index (χ4n) is 4.46. The largest absolute Gasteiger partial charge is 0.484 e. The molecule has 4 atom stereocenters. The van der Waals surface area contributed by atoms with E-state index in [1.807, 2.05) is 0 Å². The summed E-state index contributed by atoms with van der Waals surface area (Å²) in [7, 11) is 0. The van der Waals surface area contributed by atoms with Gasteiger partial charge in [0.1, 0.15) is 5.75 Å². The van der Waals surface area contributed by atoms with Crippen molar-refractivity contribution in [1.29, 1.82) is 0 Å². The normalized spacial score (nSPS) is 36.5. The summed E-state index contributed by atoms with van der Waals surface area (Å²) < 4.78 is 5.48. The van der Waals surface area contributed by atoms with Crippen LogP contribution in [0.3, 0.4) is 0 Å². The molecule has 0 aromatic heterocycles. The third-order valence-corrected chi connectivity index (χ3v) is 5.31. The van der Waals surface area contributed by atoms with E-state index in [-0.39, 0.29) is 12.5 Å². The molecule has 2 bridgehead atoms. The van der Waals surface area contributed by atoms with Gasteiger partial charge < -0.3 is 15.8 Å². The lowest BCUT2D eigenvalue weighted by Gasteiger charge is -2.11. The van der Waals surface area contributed by atoms with Crippen LogP contribution in [-0.4, -0.2) is 18.6 Å². The van der Waals surface area contributed by atoms with E-state index in [1.165, 1.54) is 19.3 Å². The molecule has 1 amide bonds. The lowest BCUT2D eigenvalue weighted by molar-refractivity contribution is -0.123. The Hall–Kier alpha value is -1.71. The number of carbonyl (C=O) groups is 1. The fraction of sp³-hybridized carbons (Fsp3) is 0.562. The molecule has 3 saturated carbocycles. The molecule has 0 saturated heterocycles. The molecule has 1 aromatic rings. The van der Waals surface area contributed by atoms with Crippen LogP contribution in [0.2, 0.25) is 0 Å². The van der Waals surface area contributed by atoms with Gasteiger partial charge in [-0.3, -0.25) is 4.79 Å². The number of nitrogens with one attached hydrogen (secondary N) is 1. The summed E-state index contributed by atoms with van der Waals surface area (Å²) in [4.78, 5) is 11.9. The highest BCUT2D eigenvalue weighted by molar-refractivity contribution is 5.78. The molecule has 20 heavy (non-hydrogen) atoms. The zero-order chi connectivity index (χ0) is 13.7. The van der Waals surface area contributed by atoms with Crippen LogP contribution in [0.25, 0.3) is 0 Å². The quantitative estimate of drug-likeness (QED) is 0.822. The molecule has 3 N–H and O–H groups in total. The van der Waals surface area contributed by atoms with E-state index >= 15 is 0 Å². The van der Waals surface area contributed by atoms with Gasteiger partial charge in [0, 0.05) is 11.7 Å². The molecule has 0 heterocycles. The van der Waals surface area contributed by atoms with Crippen LogP contribution in [0.5, 0.6) is 5.75 Å². The Morgan fingerprint density at radius 3 is 2.50 bits per heavy atom. The second-order valence-electron chi connectivity index (χ2n) is 6.44. The van der Waals surface area contributed by atoms with E-state index in [0.29, 0.717) is 17.5 Å². The number of hydrogen-bond acceptors (Lipinski definition) is 3. The highest BCUT2D eigenvalue weighted by Gasteiger charge is 2.65. The summed E-state index contributed by atoms with van der Waals surface area (Å²) in [5.41, 5.74) is 6.30. The molecular weight excluding hydrogens is 252 g/mol. The Morgan fingerprint density at radius 1 is 1.20 bits per heavy atom. The molecule has 4 rings (SSSR count). The zero-order valence-corrected chi connectivity index (χ0v) is 11.4. The average molecular weight is 272 g/mol. The summed E-state index contributed by atoms with van der Waals surface area (Å²) in [6.45, 7) is 0.0925. The van der Waals surface area contributed by atoms with Crippen LogP contribution < -0.4 is 15.8 Å². The number of carbonyl (C=O) groups excluding carboxylic acids is 1. The van der Waals surface area contributed by atoms with Gasteiger partial charge >= 0.3 is 0 Å². The minimum atomic E-state index is 0.000579. The minimum absolute atomic E-state index is 0.000579. The Morgan fingerprint density at radius 2 is 1.85 bits per heavy atom. The Bertz CT molecular complexity index is 512. The van der Waals surface area contributed by atoms with Gasteiger partial charge in [0.05, 0.1) is 0 Å². The van der Waals surface area contributed by atoms with E-state index in [1.54, 1.807) is 24.3 Å². The first-order valence-electron chi connectivity index (χ1n) is 7.50. The molecule has 0 radical (unpaired) electrons. The standard InChI is InChI=1S/C16H20N2O2/c17-11-3-5-12(6-4-11)20-8-13(19)18-16-14-9-1-2-10(7-9)15(14)16/h3-6,9-10,14-16H,1-2,7-8,17H2,(H,18,19). The molecule has 1 aromatic carbocycles. The second kappa shape index (κ2) is 4.40. The molecular formula is C16H20N2O2. The predicted octanol–water partition coefficient (Wildman–Crippen LogP) is 1.81. The summed E-state index contributed by atoms with van der Waals surface area (Å²) in [6, 6.07) is 7.55. The first-order valence-corrected chi connectivity index (χ1v) is 7.50. The van der Waals surface area contributed by atoms with Gasteiger partial charge in [0.15, 0.2) is 6.61 Å². The number of anilines is 1. The van der Waals surface area contributed by atoms with E-state index in [0.717, 1.165) is 23.7 Å². The molecule has 106 valence electrons. The van der Waals surface area contributed by atoms with E-state index in [2.05, 4.69) is 5.32 Å². The average Bonchev–Trinajstić information content (AvgIpc) is 2.84. The number of ether oxygens (including phenoxy) is 1. The van der Waals surface area contributed by atoms with Crippen molar-refractivity contribution in [2.24, 2.45) is 23.7 Å². The van der Waals surface area contributed by atoms with Gasteiger partial charge in [0.2, 0.25) is 0 Å². The molecule has 3 aliphatic carbocycles. The van der Waals surface area contributed by atoms with Crippen LogP contribution in [0.4, 0.5) is 5.69 Å². The smallest absolute Gasteiger partial charge is 0.258 e. The lowest BCUT2D eigenvalue weighted by atomic mass is 10.0. The van der Waals surface area contributed by atoms with Crippen LogP contribution in [0, 0.1) is 23.7 Å². The third kappa shape index (κ3) is 1.94. The summed E-state index contributed by atoms with van der Waals surface area (Å²) in [6.07, 6.45) is 4.16. The molecule has 3 aliphatic rings. The van der Waals surface area contributed by atoms with Gasteiger partial charge in [-0.05, 0) is 67.2 Å². The van der Waals surface area contributed by atoms with Crippen molar-refractivity contribution in [3.8, 4) is 5.75 Å². The minimum Gasteiger partial charge on any atom is -0.484 e. The number of hydrogen-bond donors (Lipinski definition) is 2. The number of rotatable bonds is 4. The Labute approximate surface area is 118 Å². The maximum Gasteiger partial charge on any atom is 0.258 e. The van der Waals surface area contributed by atoms with E-state index in [9.17, 15) is 4.79 Å². The number of nitrogens with two attached hydrogens (primary N) is 1. The molecule has 4 nitrogen and oxygen atoms in total. The SMILES string of the molecule is Nc1ccc(OCC(=O)NC2C3C4CCC(C4)C23)cc1. The predicted molar refractivity (Wildman–Crippen MR) is 76.1 cm³/mol. The van der Waals surface area contributed by atoms with Gasteiger partial charge in [-0.2, -0.15) is 0 Å². The van der Waals surface area contributed by atoms with E-state index in [4.69, 9.17) is 10.5 Å².